The molecule has 108 valence electrons. The Morgan fingerprint density at radius 3 is 2.26 bits per heavy atom. The number of nitrogens with zero attached hydrogens (tertiary/aromatic N) is 1. The number of carbonyl (C=O) groups is 2. The van der Waals surface area contributed by atoms with Crippen LogP contribution in [0.5, 0.6) is 0 Å². The lowest BCUT2D eigenvalue weighted by Gasteiger charge is -2.31. The third-order valence-electron chi connectivity index (χ3n) is 4.30. The first-order valence-corrected chi connectivity index (χ1v) is 6.82. The van der Waals surface area contributed by atoms with E-state index in [0.29, 0.717) is 45.1 Å². The quantitative estimate of drug-likeness (QED) is 0.858. The van der Waals surface area contributed by atoms with E-state index in [1.807, 2.05) is 0 Å². The molecule has 4 nitrogen and oxygen atoms in total. The highest BCUT2D eigenvalue weighted by atomic mass is 19.3. The Morgan fingerprint density at radius 1 is 1.11 bits per heavy atom. The van der Waals surface area contributed by atoms with Gasteiger partial charge in [-0.15, -0.1) is 0 Å². The zero-order valence-corrected chi connectivity index (χ0v) is 10.7. The van der Waals surface area contributed by atoms with Crippen molar-refractivity contribution in [2.75, 3.05) is 6.54 Å². The van der Waals surface area contributed by atoms with Gasteiger partial charge in [-0.3, -0.25) is 4.79 Å². The number of amides is 1. The molecule has 2 aliphatic rings. The van der Waals surface area contributed by atoms with Crippen LogP contribution in [-0.2, 0) is 9.59 Å². The van der Waals surface area contributed by atoms with E-state index in [-0.39, 0.29) is 11.8 Å². The molecule has 0 aromatic carbocycles. The second kappa shape index (κ2) is 5.84. The molecule has 1 N–H and O–H groups in total. The Labute approximate surface area is 110 Å². The van der Waals surface area contributed by atoms with Crippen LogP contribution >= 0.6 is 0 Å². The van der Waals surface area contributed by atoms with Gasteiger partial charge in [0.2, 0.25) is 12.3 Å². The number of aliphatic carboxylic acids is 1. The van der Waals surface area contributed by atoms with Crippen molar-refractivity contribution in [2.45, 2.75) is 51.0 Å². The predicted molar refractivity (Wildman–Crippen MR) is 63.8 cm³/mol. The van der Waals surface area contributed by atoms with E-state index in [9.17, 15) is 18.4 Å². The molecule has 19 heavy (non-hydrogen) atoms. The van der Waals surface area contributed by atoms with Gasteiger partial charge >= 0.3 is 5.97 Å². The molecule has 1 amide bonds. The van der Waals surface area contributed by atoms with Gasteiger partial charge in [-0.1, -0.05) is 0 Å². The van der Waals surface area contributed by atoms with Crippen LogP contribution in [0.25, 0.3) is 0 Å². The molecule has 6 heteroatoms. The number of rotatable bonds is 3. The summed E-state index contributed by atoms with van der Waals surface area (Å²) >= 11 is 0. The molecule has 1 saturated carbocycles. The molecule has 0 bridgehead atoms. The Kier molecular flexibility index (Phi) is 4.37. The molecule has 1 aliphatic heterocycles. The van der Waals surface area contributed by atoms with Gasteiger partial charge in [-0.05, 0) is 38.5 Å². The second-order valence-corrected chi connectivity index (χ2v) is 5.47. The van der Waals surface area contributed by atoms with Gasteiger partial charge < -0.3 is 10.0 Å². The maximum atomic E-state index is 12.5. The Bertz CT molecular complexity index is 354. The van der Waals surface area contributed by atoms with Crippen LogP contribution in [0.3, 0.4) is 0 Å². The fraction of sp³-hybridized carbons (Fsp3) is 0.846. The molecule has 1 heterocycles. The van der Waals surface area contributed by atoms with E-state index in [2.05, 4.69) is 0 Å². The molecule has 0 aromatic heterocycles. The highest BCUT2D eigenvalue weighted by molar-refractivity contribution is 5.85. The van der Waals surface area contributed by atoms with E-state index in [1.165, 1.54) is 4.90 Å². The van der Waals surface area contributed by atoms with Crippen molar-refractivity contribution in [3.63, 3.8) is 0 Å². The van der Waals surface area contributed by atoms with E-state index in [0.717, 1.165) is 0 Å². The third kappa shape index (κ3) is 3.04. The fourth-order valence-corrected chi connectivity index (χ4v) is 3.14. The molecule has 2 fully saturated rings. The molecule has 2 rings (SSSR count). The van der Waals surface area contributed by atoms with Crippen molar-refractivity contribution < 1.29 is 23.5 Å². The van der Waals surface area contributed by atoms with Crippen molar-refractivity contribution >= 4 is 11.9 Å². The van der Waals surface area contributed by atoms with Crippen molar-refractivity contribution in [3.8, 4) is 0 Å². The average molecular weight is 275 g/mol. The highest BCUT2D eigenvalue weighted by Crippen LogP contribution is 2.34. The monoisotopic (exact) mass is 275 g/mol. The lowest BCUT2D eigenvalue weighted by atomic mass is 9.81. The van der Waals surface area contributed by atoms with E-state index < -0.39 is 24.4 Å². The summed E-state index contributed by atoms with van der Waals surface area (Å²) in [7, 11) is 0. The molecule has 1 aliphatic carbocycles. The Morgan fingerprint density at radius 2 is 1.74 bits per heavy atom. The molecule has 1 saturated heterocycles. The summed E-state index contributed by atoms with van der Waals surface area (Å²) in [6.07, 6.45) is 0.518. The summed E-state index contributed by atoms with van der Waals surface area (Å²) in [6.45, 7) is 0.477. The summed E-state index contributed by atoms with van der Waals surface area (Å²) in [5.41, 5.74) is 0. The van der Waals surface area contributed by atoms with Gasteiger partial charge in [-0.25, -0.2) is 13.6 Å². The molecule has 1 atom stereocenters. The standard InChI is InChI=1S/C13H19F2NO3/c14-11(15)8-3-5-9(6-4-8)12(17)16-7-1-2-10(16)13(18)19/h8-11H,1-7H2,(H,18,19). The summed E-state index contributed by atoms with van der Waals surface area (Å²) in [5.74, 6) is -1.99. The number of hydrogen-bond donors (Lipinski definition) is 1. The number of carbonyl (C=O) groups excluding carboxylic acids is 1. The largest absolute Gasteiger partial charge is 0.480 e. The van der Waals surface area contributed by atoms with Gasteiger partial charge in [0.05, 0.1) is 0 Å². The molecule has 0 aromatic rings. The minimum absolute atomic E-state index is 0.155. The lowest BCUT2D eigenvalue weighted by Crippen LogP contribution is -2.44. The maximum Gasteiger partial charge on any atom is 0.326 e. The predicted octanol–water partition coefficient (Wildman–Crippen LogP) is 2.13. The minimum Gasteiger partial charge on any atom is -0.480 e. The zero-order valence-electron chi connectivity index (χ0n) is 10.7. The fourth-order valence-electron chi connectivity index (χ4n) is 3.14. The Hall–Kier alpha value is -1.20. The molecular formula is C13H19F2NO3. The van der Waals surface area contributed by atoms with Gasteiger partial charge in [0.15, 0.2) is 0 Å². The summed E-state index contributed by atoms with van der Waals surface area (Å²) in [5, 5.41) is 9.05. The first-order chi connectivity index (χ1) is 9.00. The maximum absolute atomic E-state index is 12.5. The van der Waals surface area contributed by atoms with Gasteiger partial charge in [-0.2, -0.15) is 0 Å². The normalized spacial score (nSPS) is 31.7. The first kappa shape index (κ1) is 14.2. The summed E-state index contributed by atoms with van der Waals surface area (Å²) in [4.78, 5) is 24.7. The topological polar surface area (TPSA) is 57.6 Å². The number of carboxylic acids is 1. The van der Waals surface area contributed by atoms with Crippen LogP contribution in [-0.4, -0.2) is 40.9 Å². The summed E-state index contributed by atoms with van der Waals surface area (Å²) in [6, 6.07) is -0.722. The van der Waals surface area contributed by atoms with Crippen LogP contribution in [0.2, 0.25) is 0 Å². The zero-order chi connectivity index (χ0) is 14.0. The van der Waals surface area contributed by atoms with Crippen LogP contribution in [0, 0.1) is 11.8 Å². The minimum atomic E-state index is -2.31. The number of hydrogen-bond acceptors (Lipinski definition) is 2. The van der Waals surface area contributed by atoms with Crippen LogP contribution in [0.4, 0.5) is 8.78 Å². The smallest absolute Gasteiger partial charge is 0.326 e. The SMILES string of the molecule is O=C(O)C1CCCN1C(=O)C1CCC(C(F)F)CC1. The van der Waals surface area contributed by atoms with E-state index in [1.54, 1.807) is 0 Å². The second-order valence-electron chi connectivity index (χ2n) is 5.47. The summed E-state index contributed by atoms with van der Waals surface area (Å²) < 4.78 is 25.1. The van der Waals surface area contributed by atoms with Crippen LogP contribution in [0.15, 0.2) is 0 Å². The van der Waals surface area contributed by atoms with Crippen molar-refractivity contribution in [1.29, 1.82) is 0 Å². The van der Waals surface area contributed by atoms with Crippen LogP contribution < -0.4 is 0 Å². The molecule has 0 spiro atoms. The van der Waals surface area contributed by atoms with Crippen LogP contribution in [0.1, 0.15) is 38.5 Å². The van der Waals surface area contributed by atoms with E-state index >= 15 is 0 Å². The molecule has 0 radical (unpaired) electrons. The highest BCUT2D eigenvalue weighted by Gasteiger charge is 2.39. The number of alkyl halides is 2. The third-order valence-corrected chi connectivity index (χ3v) is 4.30. The number of halogens is 2. The average Bonchev–Trinajstić information content (AvgIpc) is 2.87. The van der Waals surface area contributed by atoms with Crippen molar-refractivity contribution in [1.82, 2.24) is 4.90 Å². The van der Waals surface area contributed by atoms with Gasteiger partial charge in [0.1, 0.15) is 6.04 Å². The first-order valence-electron chi connectivity index (χ1n) is 6.82. The lowest BCUT2D eigenvalue weighted by molar-refractivity contribution is -0.150. The Balaban J connectivity index is 1.92. The van der Waals surface area contributed by atoms with E-state index in [4.69, 9.17) is 5.11 Å². The number of carboxylic acid groups (broad SMARTS) is 1. The molecule has 1 unspecified atom stereocenters. The molecular weight excluding hydrogens is 256 g/mol. The van der Waals surface area contributed by atoms with Crippen molar-refractivity contribution in [2.24, 2.45) is 11.8 Å². The number of likely N-dealkylation sites (tertiary alicyclic amines) is 1. The van der Waals surface area contributed by atoms with Gasteiger partial charge in [0.25, 0.3) is 0 Å². The van der Waals surface area contributed by atoms with Crippen molar-refractivity contribution in [3.05, 3.63) is 0 Å². The van der Waals surface area contributed by atoms with Gasteiger partial charge in [0, 0.05) is 18.4 Å².